The van der Waals surface area contributed by atoms with Gasteiger partial charge in [0.15, 0.2) is 15.8 Å². The van der Waals surface area contributed by atoms with Gasteiger partial charge in [0.1, 0.15) is 0 Å². The molecule has 1 fully saturated rings. The summed E-state index contributed by atoms with van der Waals surface area (Å²) in [5.41, 5.74) is 1.01. The van der Waals surface area contributed by atoms with Gasteiger partial charge >= 0.3 is 0 Å². The average molecular weight is 366 g/mol. The first-order chi connectivity index (χ1) is 11.8. The summed E-state index contributed by atoms with van der Waals surface area (Å²) in [7, 11) is -3.15. The SMILES string of the molecule is CCNC(=NCc1ccc(S(C)(=O)=O)cc1)N1CCC(CC(C)C)C1. The van der Waals surface area contributed by atoms with Gasteiger partial charge in [0.05, 0.1) is 11.4 Å². The lowest BCUT2D eigenvalue weighted by molar-refractivity contribution is 0.403. The van der Waals surface area contributed by atoms with Crippen LogP contribution in [-0.2, 0) is 16.4 Å². The molecule has 140 valence electrons. The van der Waals surface area contributed by atoms with Crippen molar-refractivity contribution >= 4 is 15.8 Å². The van der Waals surface area contributed by atoms with Crippen molar-refractivity contribution in [3.8, 4) is 0 Å². The van der Waals surface area contributed by atoms with Gasteiger partial charge in [-0.2, -0.15) is 0 Å². The molecule has 0 spiro atoms. The molecule has 0 saturated carbocycles. The van der Waals surface area contributed by atoms with Gasteiger partial charge in [-0.25, -0.2) is 13.4 Å². The quantitative estimate of drug-likeness (QED) is 0.622. The number of nitrogens with zero attached hydrogens (tertiary/aromatic N) is 2. The number of nitrogens with one attached hydrogen (secondary N) is 1. The van der Waals surface area contributed by atoms with Gasteiger partial charge in [0, 0.05) is 25.9 Å². The number of likely N-dealkylation sites (tertiary alicyclic amines) is 1. The Morgan fingerprint density at radius 3 is 2.56 bits per heavy atom. The first-order valence-electron chi connectivity index (χ1n) is 9.11. The lowest BCUT2D eigenvalue weighted by Crippen LogP contribution is -2.40. The van der Waals surface area contributed by atoms with Crippen LogP contribution in [0.25, 0.3) is 0 Å². The van der Waals surface area contributed by atoms with Crippen molar-refractivity contribution < 1.29 is 8.42 Å². The van der Waals surface area contributed by atoms with Crippen LogP contribution in [0.1, 0.15) is 39.2 Å². The minimum Gasteiger partial charge on any atom is -0.357 e. The molecule has 1 unspecified atom stereocenters. The third-order valence-corrected chi connectivity index (χ3v) is 5.62. The summed E-state index contributed by atoms with van der Waals surface area (Å²) >= 11 is 0. The van der Waals surface area contributed by atoms with Gasteiger partial charge in [-0.3, -0.25) is 0 Å². The number of sulfone groups is 1. The molecule has 0 bridgehead atoms. The topological polar surface area (TPSA) is 61.8 Å². The van der Waals surface area contributed by atoms with Crippen LogP contribution in [0.3, 0.4) is 0 Å². The van der Waals surface area contributed by atoms with Crippen molar-refractivity contribution in [3.05, 3.63) is 29.8 Å². The molecule has 0 amide bonds. The number of benzene rings is 1. The molecule has 1 N–H and O–H groups in total. The lowest BCUT2D eigenvalue weighted by atomic mass is 9.97. The van der Waals surface area contributed by atoms with E-state index in [1.165, 1.54) is 19.1 Å². The van der Waals surface area contributed by atoms with Crippen molar-refractivity contribution in [2.75, 3.05) is 25.9 Å². The van der Waals surface area contributed by atoms with Crippen molar-refractivity contribution in [1.82, 2.24) is 10.2 Å². The molecule has 1 aliphatic heterocycles. The second kappa shape index (κ2) is 8.70. The van der Waals surface area contributed by atoms with Crippen LogP contribution in [0.15, 0.2) is 34.2 Å². The maximum atomic E-state index is 11.5. The summed E-state index contributed by atoms with van der Waals surface area (Å²) in [6, 6.07) is 6.99. The van der Waals surface area contributed by atoms with Gasteiger partial charge in [-0.15, -0.1) is 0 Å². The van der Waals surface area contributed by atoms with Crippen LogP contribution in [0, 0.1) is 11.8 Å². The molecule has 1 atom stereocenters. The molecule has 1 aliphatic rings. The monoisotopic (exact) mass is 365 g/mol. The van der Waals surface area contributed by atoms with Crippen LogP contribution in [0.5, 0.6) is 0 Å². The fraction of sp³-hybridized carbons (Fsp3) is 0.632. The van der Waals surface area contributed by atoms with E-state index in [-0.39, 0.29) is 0 Å². The predicted molar refractivity (Wildman–Crippen MR) is 104 cm³/mol. The summed E-state index contributed by atoms with van der Waals surface area (Å²) in [5.74, 6) is 2.44. The highest BCUT2D eigenvalue weighted by molar-refractivity contribution is 7.90. The van der Waals surface area contributed by atoms with E-state index in [9.17, 15) is 8.42 Å². The molecular weight excluding hydrogens is 334 g/mol. The highest BCUT2D eigenvalue weighted by Crippen LogP contribution is 2.23. The second-order valence-corrected chi connectivity index (χ2v) is 9.33. The van der Waals surface area contributed by atoms with E-state index < -0.39 is 9.84 Å². The highest BCUT2D eigenvalue weighted by Gasteiger charge is 2.25. The Labute approximate surface area is 152 Å². The summed E-state index contributed by atoms with van der Waals surface area (Å²) in [4.78, 5) is 7.45. The first kappa shape index (κ1) is 19.8. The number of aliphatic imine (C=N–C) groups is 1. The number of rotatable bonds is 6. The van der Waals surface area contributed by atoms with E-state index >= 15 is 0 Å². The zero-order chi connectivity index (χ0) is 18.4. The van der Waals surface area contributed by atoms with Gasteiger partial charge < -0.3 is 10.2 Å². The Bertz CT molecular complexity index is 681. The van der Waals surface area contributed by atoms with E-state index in [1.54, 1.807) is 12.1 Å². The van der Waals surface area contributed by atoms with Crippen molar-refractivity contribution in [3.63, 3.8) is 0 Å². The molecule has 6 heteroatoms. The van der Waals surface area contributed by atoms with Crippen LogP contribution in [0.2, 0.25) is 0 Å². The van der Waals surface area contributed by atoms with Crippen LogP contribution in [-0.4, -0.2) is 45.2 Å². The molecule has 5 nitrogen and oxygen atoms in total. The third-order valence-electron chi connectivity index (χ3n) is 4.49. The number of hydrogen-bond acceptors (Lipinski definition) is 3. The van der Waals surface area contributed by atoms with Crippen molar-refractivity contribution in [1.29, 1.82) is 0 Å². The maximum Gasteiger partial charge on any atom is 0.194 e. The standard InChI is InChI=1S/C19H31N3O2S/c1-5-20-19(22-11-10-17(14-22)12-15(2)3)21-13-16-6-8-18(9-7-16)25(4,23)24/h6-9,15,17H,5,10-14H2,1-4H3,(H,20,21). The van der Waals surface area contributed by atoms with Crippen molar-refractivity contribution in [2.45, 2.75) is 45.1 Å². The fourth-order valence-corrected chi connectivity index (χ4v) is 3.95. The van der Waals surface area contributed by atoms with E-state index in [1.807, 2.05) is 12.1 Å². The Balaban J connectivity index is 2.02. The van der Waals surface area contributed by atoms with Crippen LogP contribution < -0.4 is 5.32 Å². The Morgan fingerprint density at radius 2 is 2.00 bits per heavy atom. The van der Waals surface area contributed by atoms with Gasteiger partial charge in [0.2, 0.25) is 0 Å². The van der Waals surface area contributed by atoms with Gasteiger partial charge in [0.25, 0.3) is 0 Å². The number of guanidine groups is 1. The molecule has 1 heterocycles. The van der Waals surface area contributed by atoms with Gasteiger partial charge in [-0.05, 0) is 49.3 Å². The van der Waals surface area contributed by atoms with Crippen LogP contribution >= 0.6 is 0 Å². The average Bonchev–Trinajstić information content (AvgIpc) is 2.98. The van der Waals surface area contributed by atoms with E-state index in [2.05, 4.69) is 31.0 Å². The molecule has 1 aromatic rings. The molecule has 1 aromatic carbocycles. The molecule has 0 radical (unpaired) electrons. The fourth-order valence-electron chi connectivity index (χ4n) is 3.32. The minimum atomic E-state index is -3.15. The van der Waals surface area contributed by atoms with E-state index in [4.69, 9.17) is 4.99 Å². The first-order valence-corrected chi connectivity index (χ1v) is 11.0. The molecule has 2 rings (SSSR count). The van der Waals surface area contributed by atoms with E-state index in [0.29, 0.717) is 11.4 Å². The summed E-state index contributed by atoms with van der Waals surface area (Å²) in [6.45, 7) is 10.2. The van der Waals surface area contributed by atoms with Crippen molar-refractivity contribution in [2.24, 2.45) is 16.8 Å². The molecule has 25 heavy (non-hydrogen) atoms. The highest BCUT2D eigenvalue weighted by atomic mass is 32.2. The number of hydrogen-bond donors (Lipinski definition) is 1. The second-order valence-electron chi connectivity index (χ2n) is 7.32. The Kier molecular flexibility index (Phi) is 6.87. The predicted octanol–water partition coefficient (Wildman–Crippen LogP) is 2.92. The maximum absolute atomic E-state index is 11.5. The Hall–Kier alpha value is -1.56. The summed E-state index contributed by atoms with van der Waals surface area (Å²) in [6.07, 6.45) is 3.72. The molecule has 1 saturated heterocycles. The Morgan fingerprint density at radius 1 is 1.32 bits per heavy atom. The van der Waals surface area contributed by atoms with E-state index in [0.717, 1.165) is 43.0 Å². The normalized spacial score (nSPS) is 18.8. The molecule has 0 aliphatic carbocycles. The van der Waals surface area contributed by atoms with Crippen LogP contribution in [0.4, 0.5) is 0 Å². The smallest absolute Gasteiger partial charge is 0.194 e. The molecular formula is C19H31N3O2S. The largest absolute Gasteiger partial charge is 0.357 e. The summed E-state index contributed by atoms with van der Waals surface area (Å²) in [5, 5.41) is 3.38. The lowest BCUT2D eigenvalue weighted by Gasteiger charge is -2.22. The third kappa shape index (κ3) is 6.03. The van der Waals surface area contributed by atoms with Gasteiger partial charge in [-0.1, -0.05) is 26.0 Å². The summed E-state index contributed by atoms with van der Waals surface area (Å²) < 4.78 is 23.1. The molecule has 0 aromatic heterocycles. The zero-order valence-electron chi connectivity index (χ0n) is 15.8. The zero-order valence-corrected chi connectivity index (χ0v) is 16.6. The minimum absolute atomic E-state index is 0.350.